The summed E-state index contributed by atoms with van der Waals surface area (Å²) in [6.07, 6.45) is 2.29. The molecule has 0 aliphatic heterocycles. The molecule has 0 radical (unpaired) electrons. The van der Waals surface area contributed by atoms with E-state index in [0.29, 0.717) is 6.04 Å². The van der Waals surface area contributed by atoms with E-state index in [1.165, 1.54) is 17.7 Å². The highest BCUT2D eigenvalue weighted by atomic mass is 19.1. The van der Waals surface area contributed by atoms with Crippen molar-refractivity contribution in [3.63, 3.8) is 0 Å². The Hall–Kier alpha value is -1.58. The molecule has 1 aromatic carbocycles. The zero-order valence-corrected chi connectivity index (χ0v) is 11.8. The first-order chi connectivity index (χ1) is 9.05. The predicted molar refractivity (Wildman–Crippen MR) is 76.9 cm³/mol. The minimum absolute atomic E-state index is 0.155. The Morgan fingerprint density at radius 3 is 2.42 bits per heavy atom. The molecule has 0 heterocycles. The Morgan fingerprint density at radius 1 is 1.32 bits per heavy atom. The van der Waals surface area contributed by atoms with Crippen molar-refractivity contribution in [2.24, 2.45) is 4.99 Å². The van der Waals surface area contributed by atoms with Gasteiger partial charge in [-0.3, -0.25) is 4.99 Å². The van der Waals surface area contributed by atoms with Crippen molar-refractivity contribution in [3.05, 3.63) is 35.6 Å². The van der Waals surface area contributed by atoms with E-state index in [2.05, 4.69) is 29.5 Å². The van der Waals surface area contributed by atoms with Gasteiger partial charge in [0.25, 0.3) is 0 Å². The fourth-order valence-corrected chi connectivity index (χ4v) is 2.24. The number of hydrogen-bond acceptors (Lipinski definition) is 1. The van der Waals surface area contributed by atoms with Gasteiger partial charge in [0.15, 0.2) is 5.96 Å². The molecular formula is C15H22FN3. The SMILES string of the molecule is CN=C(NCC1(c2ccc(F)cc2)CC1)NC(C)C. The fraction of sp³-hybridized carbons (Fsp3) is 0.533. The average Bonchev–Trinajstić information content (AvgIpc) is 3.16. The molecule has 104 valence electrons. The molecule has 2 rings (SSSR count). The van der Waals surface area contributed by atoms with Crippen LogP contribution in [0.2, 0.25) is 0 Å². The van der Waals surface area contributed by atoms with E-state index < -0.39 is 0 Å². The molecule has 1 aliphatic rings. The molecule has 0 saturated heterocycles. The Labute approximate surface area is 114 Å². The summed E-state index contributed by atoms with van der Waals surface area (Å²) in [7, 11) is 1.77. The Kier molecular flexibility index (Phi) is 4.08. The molecule has 1 aliphatic carbocycles. The van der Waals surface area contributed by atoms with Gasteiger partial charge in [-0.2, -0.15) is 0 Å². The summed E-state index contributed by atoms with van der Waals surface area (Å²) in [5.74, 6) is 0.646. The average molecular weight is 263 g/mol. The van der Waals surface area contributed by atoms with E-state index in [1.807, 2.05) is 12.1 Å². The molecule has 2 N–H and O–H groups in total. The molecule has 0 bridgehead atoms. The molecule has 1 fully saturated rings. The zero-order valence-electron chi connectivity index (χ0n) is 11.8. The summed E-state index contributed by atoms with van der Waals surface area (Å²) in [4.78, 5) is 4.20. The third-order valence-corrected chi connectivity index (χ3v) is 3.55. The Balaban J connectivity index is 1.97. The summed E-state index contributed by atoms with van der Waals surface area (Å²) in [6, 6.07) is 7.21. The molecule has 0 amide bonds. The van der Waals surface area contributed by atoms with Crippen molar-refractivity contribution in [1.82, 2.24) is 10.6 Å². The molecule has 1 aromatic rings. The number of guanidine groups is 1. The molecule has 0 aromatic heterocycles. The minimum atomic E-state index is -0.176. The lowest BCUT2D eigenvalue weighted by molar-refractivity contribution is 0.614. The van der Waals surface area contributed by atoms with Crippen LogP contribution in [0.25, 0.3) is 0 Å². The van der Waals surface area contributed by atoms with Crippen LogP contribution in [-0.4, -0.2) is 25.6 Å². The van der Waals surface area contributed by atoms with Crippen LogP contribution in [-0.2, 0) is 5.41 Å². The zero-order chi connectivity index (χ0) is 13.9. The number of benzene rings is 1. The van der Waals surface area contributed by atoms with Crippen molar-refractivity contribution < 1.29 is 4.39 Å². The summed E-state index contributed by atoms with van der Waals surface area (Å²) in [5.41, 5.74) is 1.36. The van der Waals surface area contributed by atoms with Crippen LogP contribution in [0.1, 0.15) is 32.3 Å². The highest BCUT2D eigenvalue weighted by molar-refractivity contribution is 5.80. The molecule has 19 heavy (non-hydrogen) atoms. The van der Waals surface area contributed by atoms with E-state index in [1.54, 1.807) is 7.05 Å². The lowest BCUT2D eigenvalue weighted by Gasteiger charge is -2.20. The first-order valence-electron chi connectivity index (χ1n) is 6.79. The fourth-order valence-electron chi connectivity index (χ4n) is 2.24. The number of nitrogens with one attached hydrogen (secondary N) is 2. The number of rotatable bonds is 4. The van der Waals surface area contributed by atoms with Crippen LogP contribution in [0.4, 0.5) is 4.39 Å². The topological polar surface area (TPSA) is 36.4 Å². The van der Waals surface area contributed by atoms with E-state index in [9.17, 15) is 4.39 Å². The van der Waals surface area contributed by atoms with Gasteiger partial charge < -0.3 is 10.6 Å². The lowest BCUT2D eigenvalue weighted by atomic mass is 9.96. The molecule has 3 nitrogen and oxygen atoms in total. The van der Waals surface area contributed by atoms with Crippen LogP contribution in [0.3, 0.4) is 0 Å². The second kappa shape index (κ2) is 5.59. The van der Waals surface area contributed by atoms with Crippen LogP contribution in [0, 0.1) is 5.82 Å². The second-order valence-electron chi connectivity index (χ2n) is 5.51. The van der Waals surface area contributed by atoms with Gasteiger partial charge in [0.2, 0.25) is 0 Å². The van der Waals surface area contributed by atoms with Crippen LogP contribution in [0.15, 0.2) is 29.3 Å². The van der Waals surface area contributed by atoms with E-state index >= 15 is 0 Å². The maximum Gasteiger partial charge on any atom is 0.191 e. The van der Waals surface area contributed by atoms with Crippen molar-refractivity contribution in [1.29, 1.82) is 0 Å². The van der Waals surface area contributed by atoms with Crippen molar-refractivity contribution in [2.45, 2.75) is 38.1 Å². The van der Waals surface area contributed by atoms with Gasteiger partial charge in [-0.1, -0.05) is 12.1 Å². The van der Waals surface area contributed by atoms with Gasteiger partial charge in [0.1, 0.15) is 5.82 Å². The number of hydrogen-bond donors (Lipinski definition) is 2. The highest BCUT2D eigenvalue weighted by Gasteiger charge is 2.44. The highest BCUT2D eigenvalue weighted by Crippen LogP contribution is 2.47. The van der Waals surface area contributed by atoms with E-state index in [0.717, 1.165) is 25.3 Å². The molecule has 0 atom stereocenters. The summed E-state index contributed by atoms with van der Waals surface area (Å²) in [5, 5.41) is 6.63. The third-order valence-electron chi connectivity index (χ3n) is 3.55. The molecule has 1 saturated carbocycles. The maximum atomic E-state index is 13.0. The van der Waals surface area contributed by atoms with Crippen LogP contribution >= 0.6 is 0 Å². The van der Waals surface area contributed by atoms with E-state index in [-0.39, 0.29) is 11.2 Å². The summed E-state index contributed by atoms with van der Waals surface area (Å²) < 4.78 is 13.0. The van der Waals surface area contributed by atoms with Crippen molar-refractivity contribution >= 4 is 5.96 Å². The standard InChI is InChI=1S/C15H22FN3/c1-11(2)19-14(17-3)18-10-15(8-9-15)12-4-6-13(16)7-5-12/h4-7,11H,8-10H2,1-3H3,(H2,17,18,19). The van der Waals surface area contributed by atoms with Crippen LogP contribution in [0.5, 0.6) is 0 Å². The first kappa shape index (κ1) is 13.8. The third kappa shape index (κ3) is 3.46. The number of nitrogens with zero attached hydrogens (tertiary/aromatic N) is 1. The summed E-state index contributed by atoms with van der Waals surface area (Å²) >= 11 is 0. The largest absolute Gasteiger partial charge is 0.356 e. The lowest BCUT2D eigenvalue weighted by Crippen LogP contribution is -2.43. The first-order valence-corrected chi connectivity index (χ1v) is 6.79. The summed E-state index contributed by atoms with van der Waals surface area (Å²) in [6.45, 7) is 5.00. The second-order valence-corrected chi connectivity index (χ2v) is 5.51. The van der Waals surface area contributed by atoms with Gasteiger partial charge in [-0.05, 0) is 44.4 Å². The smallest absolute Gasteiger partial charge is 0.191 e. The Morgan fingerprint density at radius 2 is 1.95 bits per heavy atom. The molecule has 0 unspecified atom stereocenters. The normalized spacial score (nSPS) is 17.4. The predicted octanol–water partition coefficient (Wildman–Crippen LogP) is 2.43. The van der Waals surface area contributed by atoms with Crippen molar-refractivity contribution in [3.8, 4) is 0 Å². The van der Waals surface area contributed by atoms with Gasteiger partial charge in [0.05, 0.1) is 0 Å². The monoisotopic (exact) mass is 263 g/mol. The van der Waals surface area contributed by atoms with Crippen molar-refractivity contribution in [2.75, 3.05) is 13.6 Å². The quantitative estimate of drug-likeness (QED) is 0.646. The van der Waals surface area contributed by atoms with Crippen LogP contribution < -0.4 is 10.6 Å². The van der Waals surface area contributed by atoms with Gasteiger partial charge in [-0.15, -0.1) is 0 Å². The van der Waals surface area contributed by atoms with Gasteiger partial charge in [0, 0.05) is 25.0 Å². The molecule has 4 heteroatoms. The molecular weight excluding hydrogens is 241 g/mol. The van der Waals surface area contributed by atoms with Gasteiger partial charge in [-0.25, -0.2) is 4.39 Å². The van der Waals surface area contributed by atoms with E-state index in [4.69, 9.17) is 0 Å². The maximum absolute atomic E-state index is 13.0. The minimum Gasteiger partial charge on any atom is -0.356 e. The Bertz CT molecular complexity index is 447. The number of aliphatic imine (C=N–C) groups is 1. The molecule has 0 spiro atoms. The number of halogens is 1. The van der Waals surface area contributed by atoms with Gasteiger partial charge >= 0.3 is 0 Å².